The Morgan fingerprint density at radius 1 is 1.15 bits per heavy atom. The summed E-state index contributed by atoms with van der Waals surface area (Å²) in [4.78, 5) is 19.8. The standard InChI is InChI=1S/C13H10Cl2N4O/c14-10-4-11(19-13(15)17-10)18-12(20)7-1-2-8-5-16-6-9(8)3-7/h1-4,16H,5-6H2,(H,17,18,19,20). The first-order valence-corrected chi connectivity index (χ1v) is 6.71. The molecule has 0 aliphatic carbocycles. The van der Waals surface area contributed by atoms with Gasteiger partial charge in [0, 0.05) is 24.7 Å². The van der Waals surface area contributed by atoms with E-state index in [-0.39, 0.29) is 22.2 Å². The molecule has 102 valence electrons. The fraction of sp³-hybridized carbons (Fsp3) is 0.154. The first-order valence-electron chi connectivity index (χ1n) is 5.96. The number of carbonyl (C=O) groups is 1. The summed E-state index contributed by atoms with van der Waals surface area (Å²) in [5, 5.41) is 6.05. The van der Waals surface area contributed by atoms with Gasteiger partial charge in [-0.1, -0.05) is 17.7 Å². The maximum absolute atomic E-state index is 12.2. The van der Waals surface area contributed by atoms with Crippen molar-refractivity contribution in [2.75, 3.05) is 5.32 Å². The molecule has 0 spiro atoms. The third-order valence-corrected chi connectivity index (χ3v) is 3.37. The molecule has 1 aromatic carbocycles. The van der Waals surface area contributed by atoms with Crippen molar-refractivity contribution < 1.29 is 4.79 Å². The van der Waals surface area contributed by atoms with Crippen LogP contribution in [-0.2, 0) is 13.1 Å². The third kappa shape index (κ3) is 2.75. The van der Waals surface area contributed by atoms with Crippen LogP contribution in [0.3, 0.4) is 0 Å². The third-order valence-electron chi connectivity index (χ3n) is 3.01. The predicted octanol–water partition coefficient (Wildman–Crippen LogP) is 2.64. The second-order valence-corrected chi connectivity index (χ2v) is 5.11. The molecule has 0 radical (unpaired) electrons. The van der Waals surface area contributed by atoms with Crippen LogP contribution in [0.15, 0.2) is 24.3 Å². The molecular formula is C13H10Cl2N4O. The normalized spacial score (nSPS) is 13.1. The van der Waals surface area contributed by atoms with Gasteiger partial charge < -0.3 is 10.6 Å². The van der Waals surface area contributed by atoms with E-state index in [1.54, 1.807) is 6.07 Å². The largest absolute Gasteiger partial charge is 0.309 e. The summed E-state index contributed by atoms with van der Waals surface area (Å²) >= 11 is 11.5. The van der Waals surface area contributed by atoms with Crippen LogP contribution in [0.5, 0.6) is 0 Å². The van der Waals surface area contributed by atoms with Crippen molar-refractivity contribution >= 4 is 34.9 Å². The highest BCUT2D eigenvalue weighted by molar-refractivity contribution is 6.32. The van der Waals surface area contributed by atoms with E-state index in [1.807, 2.05) is 12.1 Å². The molecular weight excluding hydrogens is 299 g/mol. The zero-order chi connectivity index (χ0) is 14.1. The number of hydrogen-bond acceptors (Lipinski definition) is 4. The Morgan fingerprint density at radius 3 is 2.75 bits per heavy atom. The van der Waals surface area contributed by atoms with Crippen molar-refractivity contribution in [1.29, 1.82) is 0 Å². The van der Waals surface area contributed by atoms with Crippen LogP contribution in [0, 0.1) is 0 Å². The SMILES string of the molecule is O=C(Nc1cc(Cl)nc(Cl)n1)c1ccc2c(c1)CNC2. The first-order chi connectivity index (χ1) is 9.61. The van der Waals surface area contributed by atoms with E-state index >= 15 is 0 Å². The van der Waals surface area contributed by atoms with Crippen LogP contribution in [0.25, 0.3) is 0 Å². The van der Waals surface area contributed by atoms with Gasteiger partial charge in [-0.2, -0.15) is 0 Å². The molecule has 2 aromatic rings. The quantitative estimate of drug-likeness (QED) is 0.661. The smallest absolute Gasteiger partial charge is 0.256 e. The van der Waals surface area contributed by atoms with Crippen LogP contribution < -0.4 is 10.6 Å². The van der Waals surface area contributed by atoms with Gasteiger partial charge >= 0.3 is 0 Å². The zero-order valence-corrected chi connectivity index (χ0v) is 11.8. The Hall–Kier alpha value is -1.69. The molecule has 0 fully saturated rings. The van der Waals surface area contributed by atoms with Crippen LogP contribution >= 0.6 is 23.2 Å². The van der Waals surface area contributed by atoms with E-state index in [0.29, 0.717) is 5.56 Å². The van der Waals surface area contributed by atoms with Crippen molar-refractivity contribution in [3.63, 3.8) is 0 Å². The summed E-state index contributed by atoms with van der Waals surface area (Å²) in [7, 11) is 0. The maximum atomic E-state index is 12.2. The zero-order valence-electron chi connectivity index (χ0n) is 10.3. The summed E-state index contributed by atoms with van der Waals surface area (Å²) in [6.45, 7) is 1.62. The fourth-order valence-electron chi connectivity index (χ4n) is 2.08. The summed E-state index contributed by atoms with van der Waals surface area (Å²) in [5.74, 6) is 0.0177. The van der Waals surface area contributed by atoms with Crippen molar-refractivity contribution in [2.24, 2.45) is 0 Å². The second-order valence-electron chi connectivity index (χ2n) is 4.39. The van der Waals surface area contributed by atoms with E-state index < -0.39 is 0 Å². The minimum Gasteiger partial charge on any atom is -0.309 e. The Morgan fingerprint density at radius 2 is 1.95 bits per heavy atom. The predicted molar refractivity (Wildman–Crippen MR) is 77.0 cm³/mol. The van der Waals surface area contributed by atoms with Gasteiger partial charge in [0.15, 0.2) is 0 Å². The van der Waals surface area contributed by atoms with Crippen LogP contribution in [0.4, 0.5) is 5.82 Å². The fourth-order valence-corrected chi connectivity index (χ4v) is 2.49. The first kappa shape index (κ1) is 13.3. The minimum atomic E-state index is -0.259. The molecule has 0 saturated heterocycles. The Bertz CT molecular complexity index is 670. The number of halogens is 2. The number of hydrogen-bond donors (Lipinski definition) is 2. The van der Waals surface area contributed by atoms with E-state index in [1.165, 1.54) is 11.6 Å². The van der Waals surface area contributed by atoms with E-state index in [2.05, 4.69) is 20.6 Å². The monoisotopic (exact) mass is 308 g/mol. The number of anilines is 1. The van der Waals surface area contributed by atoms with Gasteiger partial charge in [-0.05, 0) is 34.9 Å². The summed E-state index contributed by atoms with van der Waals surface area (Å²) in [5.41, 5.74) is 2.92. The van der Waals surface area contributed by atoms with Crippen molar-refractivity contribution in [3.8, 4) is 0 Å². The minimum absolute atomic E-state index is 0.00838. The van der Waals surface area contributed by atoms with E-state index in [0.717, 1.165) is 18.7 Å². The topological polar surface area (TPSA) is 66.9 Å². The van der Waals surface area contributed by atoms with Gasteiger partial charge in [-0.3, -0.25) is 4.79 Å². The number of amides is 1. The average molecular weight is 309 g/mol. The number of fused-ring (bicyclic) bond motifs is 1. The summed E-state index contributed by atoms with van der Waals surface area (Å²) < 4.78 is 0. The molecule has 0 atom stereocenters. The van der Waals surface area contributed by atoms with Gasteiger partial charge in [-0.15, -0.1) is 0 Å². The van der Waals surface area contributed by atoms with Crippen molar-refractivity contribution in [3.05, 3.63) is 51.4 Å². The molecule has 2 heterocycles. The van der Waals surface area contributed by atoms with E-state index in [9.17, 15) is 4.79 Å². The van der Waals surface area contributed by atoms with Crippen molar-refractivity contribution in [1.82, 2.24) is 15.3 Å². The Kier molecular flexibility index (Phi) is 3.56. The lowest BCUT2D eigenvalue weighted by Gasteiger charge is -2.06. The van der Waals surface area contributed by atoms with Gasteiger partial charge in [0.2, 0.25) is 5.28 Å². The molecule has 0 saturated carbocycles. The van der Waals surface area contributed by atoms with Crippen molar-refractivity contribution in [2.45, 2.75) is 13.1 Å². The molecule has 5 nitrogen and oxygen atoms in total. The number of nitrogens with zero attached hydrogens (tertiary/aromatic N) is 2. The summed E-state index contributed by atoms with van der Waals surface area (Å²) in [6.07, 6.45) is 0. The molecule has 7 heteroatoms. The highest BCUT2D eigenvalue weighted by Crippen LogP contribution is 2.19. The average Bonchev–Trinajstić information content (AvgIpc) is 2.84. The lowest BCUT2D eigenvalue weighted by molar-refractivity contribution is 0.102. The van der Waals surface area contributed by atoms with Gasteiger partial charge in [0.25, 0.3) is 5.91 Å². The van der Waals surface area contributed by atoms with Gasteiger partial charge in [0.1, 0.15) is 11.0 Å². The molecule has 1 amide bonds. The number of nitrogens with one attached hydrogen (secondary N) is 2. The molecule has 1 aromatic heterocycles. The summed E-state index contributed by atoms with van der Waals surface area (Å²) in [6, 6.07) is 7.05. The van der Waals surface area contributed by atoms with Crippen LogP contribution in [0.1, 0.15) is 21.5 Å². The van der Waals surface area contributed by atoms with Crippen LogP contribution in [-0.4, -0.2) is 15.9 Å². The van der Waals surface area contributed by atoms with Crippen LogP contribution in [0.2, 0.25) is 10.4 Å². The molecule has 0 unspecified atom stereocenters. The molecule has 0 bridgehead atoms. The number of aromatic nitrogens is 2. The van der Waals surface area contributed by atoms with E-state index in [4.69, 9.17) is 23.2 Å². The highest BCUT2D eigenvalue weighted by Gasteiger charge is 2.14. The lowest BCUT2D eigenvalue weighted by atomic mass is 10.1. The molecule has 3 rings (SSSR count). The lowest BCUT2D eigenvalue weighted by Crippen LogP contribution is -2.13. The number of benzene rings is 1. The molecule has 1 aliphatic rings. The Labute approximate surface area is 125 Å². The van der Waals surface area contributed by atoms with Gasteiger partial charge in [0.05, 0.1) is 0 Å². The molecule has 1 aliphatic heterocycles. The molecule has 20 heavy (non-hydrogen) atoms. The number of rotatable bonds is 2. The maximum Gasteiger partial charge on any atom is 0.256 e. The second kappa shape index (κ2) is 5.36. The highest BCUT2D eigenvalue weighted by atomic mass is 35.5. The molecule has 2 N–H and O–H groups in total. The van der Waals surface area contributed by atoms with Gasteiger partial charge in [-0.25, -0.2) is 9.97 Å². The number of carbonyl (C=O) groups excluding carboxylic acids is 1. The Balaban J connectivity index is 1.82.